The Balaban J connectivity index is 2.63. The van der Waals surface area contributed by atoms with E-state index in [0.717, 1.165) is 57.8 Å². The SMILES string of the molecule is CCCCCCCCC(CCCCCCCC)OC(=O)CCCCNC(=O)C1(N(CCN(C)C)C(=O)CCCCC(=O)OC(CCCCCCCC)CCCCCCCC)CCC1. The molecule has 0 aromatic rings. The third kappa shape index (κ3) is 29.9. The maximum Gasteiger partial charge on any atom is 0.306 e. The van der Waals surface area contributed by atoms with E-state index in [1.165, 1.54) is 128 Å². The first-order chi connectivity index (χ1) is 30.6. The van der Waals surface area contributed by atoms with Crippen molar-refractivity contribution in [2.24, 2.45) is 0 Å². The fourth-order valence-corrected chi connectivity index (χ4v) is 9.07. The summed E-state index contributed by atoms with van der Waals surface area (Å²) in [5.74, 6) is -0.346. The number of nitrogens with one attached hydrogen (secondary N) is 1. The minimum atomic E-state index is -0.828. The topological polar surface area (TPSA) is 105 Å². The summed E-state index contributed by atoms with van der Waals surface area (Å²) in [4.78, 5) is 57.7. The van der Waals surface area contributed by atoms with Gasteiger partial charge in [0.05, 0.1) is 0 Å². The van der Waals surface area contributed by atoms with Crippen molar-refractivity contribution < 1.29 is 28.7 Å². The largest absolute Gasteiger partial charge is 0.462 e. The summed E-state index contributed by atoms with van der Waals surface area (Å²) in [6.07, 6.45) is 39.2. The van der Waals surface area contributed by atoms with E-state index >= 15 is 0 Å². The molecule has 0 unspecified atom stereocenters. The Hall–Kier alpha value is -2.16. The molecular weight excluding hydrogens is 787 g/mol. The van der Waals surface area contributed by atoms with Crippen LogP contribution in [0.5, 0.6) is 0 Å². The van der Waals surface area contributed by atoms with E-state index in [0.29, 0.717) is 77.4 Å². The molecule has 0 bridgehead atoms. The van der Waals surface area contributed by atoms with Gasteiger partial charge in [-0.25, -0.2) is 0 Å². The smallest absolute Gasteiger partial charge is 0.306 e. The lowest BCUT2D eigenvalue weighted by atomic mass is 9.74. The quantitative estimate of drug-likeness (QED) is 0.0479. The number of likely N-dealkylation sites (N-methyl/N-ethyl adjacent to an activating group) is 1. The number of rotatable bonds is 45. The molecule has 9 nitrogen and oxygen atoms in total. The van der Waals surface area contributed by atoms with Gasteiger partial charge >= 0.3 is 11.9 Å². The van der Waals surface area contributed by atoms with Gasteiger partial charge in [-0.05, 0) is 110 Å². The van der Waals surface area contributed by atoms with Gasteiger partial charge in [0, 0.05) is 38.9 Å². The van der Waals surface area contributed by atoms with Crippen LogP contribution in [0.4, 0.5) is 0 Å². The van der Waals surface area contributed by atoms with E-state index in [1.807, 2.05) is 19.0 Å². The van der Waals surface area contributed by atoms with Gasteiger partial charge in [-0.2, -0.15) is 0 Å². The number of esters is 2. The van der Waals surface area contributed by atoms with E-state index in [4.69, 9.17) is 9.47 Å². The van der Waals surface area contributed by atoms with Crippen LogP contribution in [0.2, 0.25) is 0 Å². The molecule has 0 aromatic heterocycles. The summed E-state index contributed by atoms with van der Waals surface area (Å²) >= 11 is 0. The van der Waals surface area contributed by atoms with Gasteiger partial charge in [0.25, 0.3) is 0 Å². The van der Waals surface area contributed by atoms with Crippen molar-refractivity contribution in [2.75, 3.05) is 33.7 Å². The minimum Gasteiger partial charge on any atom is -0.462 e. The highest BCUT2D eigenvalue weighted by Gasteiger charge is 2.50. The van der Waals surface area contributed by atoms with Gasteiger partial charge in [0.2, 0.25) is 11.8 Å². The summed E-state index contributed by atoms with van der Waals surface area (Å²) in [6, 6.07) is 0. The number of carbonyl (C=O) groups is 4. The van der Waals surface area contributed by atoms with Crippen molar-refractivity contribution in [3.8, 4) is 0 Å². The number of ether oxygens (including phenoxy) is 2. The monoisotopic (exact) mass is 890 g/mol. The average molecular weight is 890 g/mol. The van der Waals surface area contributed by atoms with Crippen LogP contribution < -0.4 is 5.32 Å². The van der Waals surface area contributed by atoms with Gasteiger partial charge < -0.3 is 24.6 Å². The Bertz CT molecular complexity index is 1090. The van der Waals surface area contributed by atoms with Crippen molar-refractivity contribution in [3.63, 3.8) is 0 Å². The molecule has 0 radical (unpaired) electrons. The number of hydrogen-bond acceptors (Lipinski definition) is 7. The number of carbonyl (C=O) groups excluding carboxylic acids is 4. The van der Waals surface area contributed by atoms with Gasteiger partial charge in [0.15, 0.2) is 0 Å². The summed E-state index contributed by atoms with van der Waals surface area (Å²) < 4.78 is 12.1. The third-order valence-electron chi connectivity index (χ3n) is 13.4. The number of amides is 2. The molecule has 1 saturated carbocycles. The molecule has 1 N–H and O–H groups in total. The number of hydrogen-bond donors (Lipinski definition) is 1. The van der Waals surface area contributed by atoms with Crippen molar-refractivity contribution >= 4 is 23.8 Å². The number of nitrogens with zero attached hydrogens (tertiary/aromatic N) is 2. The molecule has 0 heterocycles. The van der Waals surface area contributed by atoms with Crippen LogP contribution in [0.1, 0.15) is 272 Å². The highest BCUT2D eigenvalue weighted by Crippen LogP contribution is 2.39. The average Bonchev–Trinajstić information content (AvgIpc) is 3.24. The molecular formula is C54H103N3O6. The highest BCUT2D eigenvalue weighted by atomic mass is 16.5. The van der Waals surface area contributed by atoms with Gasteiger partial charge in [-0.15, -0.1) is 0 Å². The summed E-state index contributed by atoms with van der Waals surface area (Å²) in [5.41, 5.74) is -0.828. The molecule has 1 fully saturated rings. The first-order valence-electron chi connectivity index (χ1n) is 27.3. The Morgan fingerprint density at radius 3 is 1.21 bits per heavy atom. The van der Waals surface area contributed by atoms with Crippen molar-refractivity contribution in [1.29, 1.82) is 0 Å². The van der Waals surface area contributed by atoms with Crippen molar-refractivity contribution in [3.05, 3.63) is 0 Å². The second kappa shape index (κ2) is 40.1. The maximum absolute atomic E-state index is 13.9. The lowest BCUT2D eigenvalue weighted by molar-refractivity contribution is -0.154. The van der Waals surface area contributed by atoms with Crippen LogP contribution in [0.25, 0.3) is 0 Å². The molecule has 0 atom stereocenters. The maximum atomic E-state index is 13.9. The molecule has 0 saturated heterocycles. The molecule has 0 spiro atoms. The van der Waals surface area contributed by atoms with Crippen LogP contribution in [0.15, 0.2) is 0 Å². The van der Waals surface area contributed by atoms with Crippen LogP contribution in [0.3, 0.4) is 0 Å². The molecule has 370 valence electrons. The third-order valence-corrected chi connectivity index (χ3v) is 13.4. The zero-order valence-corrected chi connectivity index (χ0v) is 42.5. The molecule has 2 amide bonds. The first kappa shape index (κ1) is 58.9. The van der Waals surface area contributed by atoms with E-state index in [-0.39, 0.29) is 36.0 Å². The molecule has 0 aromatic carbocycles. The van der Waals surface area contributed by atoms with Crippen LogP contribution in [-0.4, -0.2) is 85.0 Å². The standard InChI is InChI=1S/C54H103N3O6/c1-7-11-15-19-23-27-36-48(37-28-24-20-16-12-8-2)62-51(59)41-32-31-40-50(58)57(47-46-56(5)6)54(43-35-44-54)53(61)55-45-34-33-42-52(60)63-49(38-29-25-21-17-13-9-3)39-30-26-22-18-14-10-4/h48-49H,7-47H2,1-6H3,(H,55,61). The Morgan fingerprint density at radius 1 is 0.476 bits per heavy atom. The lowest BCUT2D eigenvalue weighted by Crippen LogP contribution is -2.65. The molecule has 63 heavy (non-hydrogen) atoms. The van der Waals surface area contributed by atoms with E-state index in [1.54, 1.807) is 0 Å². The molecule has 1 aliphatic rings. The zero-order valence-electron chi connectivity index (χ0n) is 42.5. The van der Waals surface area contributed by atoms with E-state index < -0.39 is 5.54 Å². The predicted molar refractivity (Wildman–Crippen MR) is 264 cm³/mol. The molecule has 1 aliphatic carbocycles. The summed E-state index contributed by atoms with van der Waals surface area (Å²) in [5, 5.41) is 3.16. The summed E-state index contributed by atoms with van der Waals surface area (Å²) in [6.45, 7) is 10.6. The Labute approximate surface area is 389 Å². The van der Waals surface area contributed by atoms with Gasteiger partial charge in [-0.3, -0.25) is 19.2 Å². The fraction of sp³-hybridized carbons (Fsp3) is 0.926. The number of unbranched alkanes of at least 4 members (excludes halogenated alkanes) is 22. The summed E-state index contributed by atoms with van der Waals surface area (Å²) in [7, 11) is 3.98. The van der Waals surface area contributed by atoms with Crippen LogP contribution >= 0.6 is 0 Å². The highest BCUT2D eigenvalue weighted by molar-refractivity contribution is 5.92. The minimum absolute atomic E-state index is 0.00407. The molecule has 9 heteroatoms. The van der Waals surface area contributed by atoms with Crippen molar-refractivity contribution in [1.82, 2.24) is 15.1 Å². The first-order valence-corrected chi connectivity index (χ1v) is 27.3. The Morgan fingerprint density at radius 2 is 0.841 bits per heavy atom. The van der Waals surface area contributed by atoms with Crippen molar-refractivity contribution in [2.45, 2.75) is 289 Å². The van der Waals surface area contributed by atoms with Crippen LogP contribution in [-0.2, 0) is 28.7 Å². The zero-order chi connectivity index (χ0) is 46.2. The normalized spacial score (nSPS) is 13.4. The van der Waals surface area contributed by atoms with Gasteiger partial charge in [0.1, 0.15) is 17.7 Å². The lowest BCUT2D eigenvalue weighted by Gasteiger charge is -2.49. The Kier molecular flexibility index (Phi) is 37.5. The van der Waals surface area contributed by atoms with Crippen LogP contribution in [0, 0.1) is 0 Å². The molecule has 0 aliphatic heterocycles. The van der Waals surface area contributed by atoms with E-state index in [2.05, 4.69) is 37.9 Å². The van der Waals surface area contributed by atoms with Gasteiger partial charge in [-0.1, -0.05) is 156 Å². The fourth-order valence-electron chi connectivity index (χ4n) is 9.07. The van der Waals surface area contributed by atoms with E-state index in [9.17, 15) is 19.2 Å². The second-order valence-electron chi connectivity index (χ2n) is 19.6. The predicted octanol–water partition coefficient (Wildman–Crippen LogP) is 14.0. The second-order valence-corrected chi connectivity index (χ2v) is 19.6. The molecule has 1 rings (SSSR count).